The zero-order chi connectivity index (χ0) is 20.2. The van der Waals surface area contributed by atoms with Gasteiger partial charge in [-0.3, -0.25) is 9.36 Å². The van der Waals surface area contributed by atoms with E-state index in [1.807, 2.05) is 72.8 Å². The first kappa shape index (κ1) is 19.9. The van der Waals surface area contributed by atoms with Gasteiger partial charge < -0.3 is 4.74 Å². The third-order valence-corrected chi connectivity index (χ3v) is 5.54. The molecule has 6 heteroatoms. The topological polar surface area (TPSA) is 44.1 Å². The van der Waals surface area contributed by atoms with E-state index in [9.17, 15) is 4.79 Å². The van der Waals surface area contributed by atoms with Gasteiger partial charge in [0.1, 0.15) is 11.6 Å². The Balaban J connectivity index is 1.61. The van der Waals surface area contributed by atoms with E-state index in [2.05, 4.69) is 22.6 Å². The molecule has 0 saturated carbocycles. The standard InChI is InChI=1S/C23H18ClIN2O2/c24-17-8-6-16(7-9-17)22-26-21-5-2-1-4-20(21)23(28)27(22)14-3-15-29-19-12-10-18(25)11-13-19/h1-2,4-13H,3,14-15H2. The van der Waals surface area contributed by atoms with Crippen LogP contribution in [0.1, 0.15) is 6.42 Å². The second-order valence-corrected chi connectivity index (χ2v) is 8.25. The normalized spacial score (nSPS) is 11.0. The van der Waals surface area contributed by atoms with Gasteiger partial charge in [0.15, 0.2) is 0 Å². The number of hydrogen-bond donors (Lipinski definition) is 0. The van der Waals surface area contributed by atoms with Gasteiger partial charge in [-0.2, -0.15) is 0 Å². The second kappa shape index (κ2) is 8.97. The zero-order valence-electron chi connectivity index (χ0n) is 15.5. The van der Waals surface area contributed by atoms with Crippen LogP contribution in [-0.2, 0) is 6.54 Å². The van der Waals surface area contributed by atoms with Crippen molar-refractivity contribution in [3.05, 3.63) is 91.7 Å². The molecule has 4 nitrogen and oxygen atoms in total. The van der Waals surface area contributed by atoms with Crippen LogP contribution in [0.2, 0.25) is 5.02 Å². The van der Waals surface area contributed by atoms with Crippen molar-refractivity contribution in [2.45, 2.75) is 13.0 Å². The summed E-state index contributed by atoms with van der Waals surface area (Å²) in [5.74, 6) is 1.46. The minimum Gasteiger partial charge on any atom is -0.494 e. The van der Waals surface area contributed by atoms with E-state index in [4.69, 9.17) is 21.3 Å². The van der Waals surface area contributed by atoms with Crippen molar-refractivity contribution in [1.29, 1.82) is 0 Å². The van der Waals surface area contributed by atoms with E-state index in [0.29, 0.717) is 41.3 Å². The van der Waals surface area contributed by atoms with Crippen molar-refractivity contribution >= 4 is 45.1 Å². The average Bonchev–Trinajstić information content (AvgIpc) is 2.74. The van der Waals surface area contributed by atoms with Gasteiger partial charge >= 0.3 is 0 Å². The summed E-state index contributed by atoms with van der Waals surface area (Å²) in [6, 6.07) is 22.7. The fraction of sp³-hybridized carbons (Fsp3) is 0.130. The highest BCUT2D eigenvalue weighted by atomic mass is 127. The van der Waals surface area contributed by atoms with Gasteiger partial charge in [-0.15, -0.1) is 0 Å². The minimum absolute atomic E-state index is 0.0465. The van der Waals surface area contributed by atoms with Gasteiger partial charge in [-0.25, -0.2) is 4.98 Å². The lowest BCUT2D eigenvalue weighted by atomic mass is 10.1. The summed E-state index contributed by atoms with van der Waals surface area (Å²) in [4.78, 5) is 17.9. The van der Waals surface area contributed by atoms with Crippen molar-refractivity contribution < 1.29 is 4.74 Å². The first-order valence-electron chi connectivity index (χ1n) is 9.26. The molecule has 0 N–H and O–H groups in total. The Kier molecular flexibility index (Phi) is 6.16. The molecule has 29 heavy (non-hydrogen) atoms. The number of fused-ring (bicyclic) bond motifs is 1. The minimum atomic E-state index is -0.0465. The van der Waals surface area contributed by atoms with Gasteiger partial charge in [0, 0.05) is 20.7 Å². The van der Waals surface area contributed by atoms with Gasteiger partial charge in [-0.05, 0) is 89.7 Å². The Bertz CT molecular complexity index is 1190. The summed E-state index contributed by atoms with van der Waals surface area (Å²) in [5.41, 5.74) is 1.50. The summed E-state index contributed by atoms with van der Waals surface area (Å²) < 4.78 is 8.70. The lowest BCUT2D eigenvalue weighted by Crippen LogP contribution is -2.24. The second-order valence-electron chi connectivity index (χ2n) is 6.57. The number of nitrogens with zero attached hydrogens (tertiary/aromatic N) is 2. The monoisotopic (exact) mass is 516 g/mol. The van der Waals surface area contributed by atoms with Gasteiger partial charge in [-0.1, -0.05) is 23.7 Å². The van der Waals surface area contributed by atoms with Gasteiger partial charge in [0.25, 0.3) is 5.56 Å². The van der Waals surface area contributed by atoms with Crippen molar-refractivity contribution in [3.63, 3.8) is 0 Å². The third kappa shape index (κ3) is 4.62. The molecule has 0 saturated heterocycles. The van der Waals surface area contributed by atoms with Crippen LogP contribution in [0.4, 0.5) is 0 Å². The van der Waals surface area contributed by atoms with E-state index in [1.54, 1.807) is 4.57 Å². The molecule has 0 aliphatic rings. The SMILES string of the molecule is O=c1c2ccccc2nc(-c2ccc(Cl)cc2)n1CCCOc1ccc(I)cc1. The van der Waals surface area contributed by atoms with E-state index < -0.39 is 0 Å². The summed E-state index contributed by atoms with van der Waals surface area (Å²) in [6.45, 7) is 1.03. The molecule has 0 radical (unpaired) electrons. The molecule has 3 aromatic carbocycles. The van der Waals surface area contributed by atoms with E-state index >= 15 is 0 Å². The fourth-order valence-corrected chi connectivity index (χ4v) is 3.62. The lowest BCUT2D eigenvalue weighted by molar-refractivity contribution is 0.301. The molecule has 0 aliphatic heterocycles. The van der Waals surface area contributed by atoms with Crippen LogP contribution in [-0.4, -0.2) is 16.2 Å². The number of hydrogen-bond acceptors (Lipinski definition) is 3. The molecule has 1 heterocycles. The summed E-state index contributed by atoms with van der Waals surface area (Å²) in [6.07, 6.45) is 0.687. The largest absolute Gasteiger partial charge is 0.494 e. The molecule has 0 spiro atoms. The van der Waals surface area contributed by atoms with Crippen molar-refractivity contribution in [3.8, 4) is 17.1 Å². The van der Waals surface area contributed by atoms with Gasteiger partial charge in [0.05, 0.1) is 17.5 Å². The summed E-state index contributed by atoms with van der Waals surface area (Å²) >= 11 is 8.29. The molecule has 4 aromatic rings. The molecular weight excluding hydrogens is 499 g/mol. The maximum absolute atomic E-state index is 13.1. The van der Waals surface area contributed by atoms with Gasteiger partial charge in [0.2, 0.25) is 0 Å². The Morgan fingerprint density at radius 2 is 1.69 bits per heavy atom. The van der Waals surface area contributed by atoms with Crippen LogP contribution in [0.5, 0.6) is 5.75 Å². The third-order valence-electron chi connectivity index (χ3n) is 4.57. The molecule has 0 amide bonds. The molecule has 0 aliphatic carbocycles. The highest BCUT2D eigenvalue weighted by Gasteiger charge is 2.12. The van der Waals surface area contributed by atoms with E-state index in [-0.39, 0.29) is 5.56 Å². The summed E-state index contributed by atoms with van der Waals surface area (Å²) in [5, 5.41) is 1.26. The number of para-hydroxylation sites is 1. The number of ether oxygens (including phenoxy) is 1. The number of rotatable bonds is 6. The van der Waals surface area contributed by atoms with E-state index in [1.165, 1.54) is 0 Å². The number of halogens is 2. The molecule has 1 aromatic heterocycles. The molecule has 146 valence electrons. The molecule has 0 bridgehead atoms. The lowest BCUT2D eigenvalue weighted by Gasteiger charge is -2.14. The van der Waals surface area contributed by atoms with Crippen LogP contribution in [0.25, 0.3) is 22.3 Å². The summed E-state index contributed by atoms with van der Waals surface area (Å²) in [7, 11) is 0. The first-order valence-corrected chi connectivity index (χ1v) is 10.7. The van der Waals surface area contributed by atoms with Crippen LogP contribution in [0.15, 0.2) is 77.6 Å². The number of benzene rings is 3. The highest BCUT2D eigenvalue weighted by Crippen LogP contribution is 2.21. The Labute approximate surface area is 187 Å². The maximum Gasteiger partial charge on any atom is 0.261 e. The van der Waals surface area contributed by atoms with Crippen LogP contribution in [0, 0.1) is 3.57 Å². The number of aromatic nitrogens is 2. The first-order chi connectivity index (χ1) is 14.1. The average molecular weight is 517 g/mol. The maximum atomic E-state index is 13.1. The molecule has 0 unspecified atom stereocenters. The predicted octanol–water partition coefficient (Wildman–Crippen LogP) is 5.79. The van der Waals surface area contributed by atoms with Crippen molar-refractivity contribution in [2.75, 3.05) is 6.61 Å². The molecular formula is C23H18ClIN2O2. The smallest absolute Gasteiger partial charge is 0.261 e. The van der Waals surface area contributed by atoms with Crippen molar-refractivity contribution in [1.82, 2.24) is 9.55 Å². The van der Waals surface area contributed by atoms with Crippen LogP contribution >= 0.6 is 34.2 Å². The Morgan fingerprint density at radius 3 is 2.45 bits per heavy atom. The highest BCUT2D eigenvalue weighted by molar-refractivity contribution is 14.1. The fourth-order valence-electron chi connectivity index (χ4n) is 3.14. The molecule has 4 rings (SSSR count). The molecule has 0 atom stereocenters. The Hall–Kier alpha value is -2.38. The quantitative estimate of drug-likeness (QED) is 0.241. The Morgan fingerprint density at radius 1 is 0.966 bits per heavy atom. The predicted molar refractivity (Wildman–Crippen MR) is 126 cm³/mol. The van der Waals surface area contributed by atoms with Crippen LogP contribution in [0.3, 0.4) is 0 Å². The zero-order valence-corrected chi connectivity index (χ0v) is 18.4. The van der Waals surface area contributed by atoms with E-state index in [0.717, 1.165) is 14.9 Å². The van der Waals surface area contributed by atoms with Crippen molar-refractivity contribution in [2.24, 2.45) is 0 Å². The molecule has 0 fully saturated rings. The van der Waals surface area contributed by atoms with Crippen LogP contribution < -0.4 is 10.3 Å².